The minimum atomic E-state index is -4.46. The van der Waals surface area contributed by atoms with Crippen LogP contribution < -0.4 is 5.32 Å². The van der Waals surface area contributed by atoms with Crippen molar-refractivity contribution in [3.05, 3.63) is 58.4 Å². The third-order valence-corrected chi connectivity index (χ3v) is 5.06. The molecule has 1 aliphatic rings. The van der Waals surface area contributed by atoms with Gasteiger partial charge in [0.05, 0.1) is 5.56 Å². The van der Waals surface area contributed by atoms with Crippen molar-refractivity contribution in [2.75, 3.05) is 13.6 Å². The van der Waals surface area contributed by atoms with Crippen LogP contribution in [-0.4, -0.2) is 35.4 Å². The van der Waals surface area contributed by atoms with Gasteiger partial charge in [0, 0.05) is 25.3 Å². The Bertz CT molecular complexity index is 813. The number of aryl methyl sites for hydroxylation is 1. The predicted octanol–water partition coefficient (Wildman–Crippen LogP) is 3.91. The number of rotatable bonds is 5. The van der Waals surface area contributed by atoms with Gasteiger partial charge >= 0.3 is 6.18 Å². The molecule has 7 heteroatoms. The van der Waals surface area contributed by atoms with Gasteiger partial charge in [0.25, 0.3) is 5.91 Å². The van der Waals surface area contributed by atoms with Crippen LogP contribution in [0.4, 0.5) is 13.2 Å². The molecule has 2 N–H and O–H groups in total. The third kappa shape index (κ3) is 4.35. The van der Waals surface area contributed by atoms with Crippen molar-refractivity contribution in [3.8, 4) is 0 Å². The number of amides is 1. The first kappa shape index (κ1) is 19.5. The van der Waals surface area contributed by atoms with Crippen LogP contribution in [0.3, 0.4) is 0 Å². The van der Waals surface area contributed by atoms with Crippen LogP contribution in [0.25, 0.3) is 0 Å². The minimum absolute atomic E-state index is 0.00563. The minimum Gasteiger partial charge on any atom is -0.357 e. The summed E-state index contributed by atoms with van der Waals surface area (Å²) in [5.74, 6) is -0.365. The van der Waals surface area contributed by atoms with Gasteiger partial charge in [-0.25, -0.2) is 0 Å². The maximum Gasteiger partial charge on any atom is 0.417 e. The summed E-state index contributed by atoms with van der Waals surface area (Å²) in [6.45, 7) is 3.33. The standard InChI is InChI=1S/C20H24F3N3O/c1-13-5-6-14(11-24-2)15(8-13)9-17-4-3-7-26(17)19(27)18-10-16(12-25-18)20(21,22)23/h5-6,8,10,12,17,24-25H,3-4,7,9,11H2,1-2H3. The lowest BCUT2D eigenvalue weighted by Crippen LogP contribution is -2.37. The molecule has 0 radical (unpaired) electrons. The molecule has 1 amide bonds. The monoisotopic (exact) mass is 379 g/mol. The maximum absolute atomic E-state index is 12.8. The first-order chi connectivity index (χ1) is 12.8. The van der Waals surface area contributed by atoms with E-state index in [0.29, 0.717) is 13.0 Å². The first-order valence-corrected chi connectivity index (χ1v) is 9.09. The normalized spacial score (nSPS) is 17.5. The van der Waals surface area contributed by atoms with E-state index in [2.05, 4.69) is 28.5 Å². The lowest BCUT2D eigenvalue weighted by molar-refractivity contribution is -0.137. The summed E-state index contributed by atoms with van der Waals surface area (Å²) in [6.07, 6.45) is -1.19. The SMILES string of the molecule is CNCc1ccc(C)cc1CC1CCCN1C(=O)c1cc(C(F)(F)F)c[nH]1. The van der Waals surface area contributed by atoms with E-state index in [4.69, 9.17) is 0 Å². The van der Waals surface area contributed by atoms with Crippen LogP contribution in [0.1, 0.15) is 45.6 Å². The van der Waals surface area contributed by atoms with Gasteiger partial charge in [-0.3, -0.25) is 4.79 Å². The van der Waals surface area contributed by atoms with Gasteiger partial charge in [-0.2, -0.15) is 13.2 Å². The average molecular weight is 379 g/mol. The second-order valence-electron chi connectivity index (χ2n) is 7.10. The number of carbonyl (C=O) groups excluding carboxylic acids is 1. The third-order valence-electron chi connectivity index (χ3n) is 5.06. The Hall–Kier alpha value is -2.28. The van der Waals surface area contributed by atoms with Crippen LogP contribution >= 0.6 is 0 Å². The van der Waals surface area contributed by atoms with Crippen LogP contribution in [0.15, 0.2) is 30.5 Å². The fourth-order valence-corrected chi connectivity index (χ4v) is 3.71. The molecule has 1 aliphatic heterocycles. The number of hydrogen-bond donors (Lipinski definition) is 2. The highest BCUT2D eigenvalue weighted by atomic mass is 19.4. The molecular formula is C20H24F3N3O. The van der Waals surface area contributed by atoms with E-state index >= 15 is 0 Å². The fourth-order valence-electron chi connectivity index (χ4n) is 3.71. The number of H-pyrrole nitrogens is 1. The van der Waals surface area contributed by atoms with E-state index in [9.17, 15) is 18.0 Å². The van der Waals surface area contributed by atoms with E-state index in [-0.39, 0.29) is 17.6 Å². The van der Waals surface area contributed by atoms with Crippen LogP contribution in [0.2, 0.25) is 0 Å². The highest BCUT2D eigenvalue weighted by Gasteiger charge is 2.35. The molecule has 2 heterocycles. The lowest BCUT2D eigenvalue weighted by atomic mass is 9.96. The molecule has 1 aromatic carbocycles. The van der Waals surface area contributed by atoms with Crippen LogP contribution in [0.5, 0.6) is 0 Å². The Morgan fingerprint density at radius 2 is 2.07 bits per heavy atom. The molecule has 0 bridgehead atoms. The van der Waals surface area contributed by atoms with E-state index in [1.807, 2.05) is 14.0 Å². The van der Waals surface area contributed by atoms with E-state index < -0.39 is 11.7 Å². The molecule has 4 nitrogen and oxygen atoms in total. The molecule has 1 fully saturated rings. The number of hydrogen-bond acceptors (Lipinski definition) is 2. The van der Waals surface area contributed by atoms with E-state index in [1.165, 1.54) is 11.1 Å². The topological polar surface area (TPSA) is 48.1 Å². The van der Waals surface area contributed by atoms with Gasteiger partial charge in [0.1, 0.15) is 5.69 Å². The first-order valence-electron chi connectivity index (χ1n) is 9.09. The lowest BCUT2D eigenvalue weighted by Gasteiger charge is -2.25. The number of alkyl halides is 3. The summed E-state index contributed by atoms with van der Waals surface area (Å²) in [7, 11) is 1.89. The number of halogens is 3. The summed E-state index contributed by atoms with van der Waals surface area (Å²) in [4.78, 5) is 17.0. The van der Waals surface area contributed by atoms with Crippen molar-refractivity contribution < 1.29 is 18.0 Å². The summed E-state index contributed by atoms with van der Waals surface area (Å²) in [5, 5.41) is 3.15. The zero-order chi connectivity index (χ0) is 19.6. The molecule has 146 valence electrons. The van der Waals surface area contributed by atoms with E-state index in [0.717, 1.165) is 37.2 Å². The molecule has 2 aromatic rings. The van der Waals surface area contributed by atoms with E-state index in [1.54, 1.807) is 4.90 Å². The quantitative estimate of drug-likeness (QED) is 0.828. The maximum atomic E-state index is 12.8. The number of benzene rings is 1. The molecule has 0 aliphatic carbocycles. The second kappa shape index (κ2) is 7.76. The van der Waals surface area contributed by atoms with Crippen molar-refractivity contribution in [3.63, 3.8) is 0 Å². The number of aromatic amines is 1. The Balaban J connectivity index is 1.79. The summed E-state index contributed by atoms with van der Waals surface area (Å²) in [5.41, 5.74) is 2.68. The van der Waals surface area contributed by atoms with Gasteiger partial charge in [-0.1, -0.05) is 23.8 Å². The van der Waals surface area contributed by atoms with Crippen molar-refractivity contribution in [1.82, 2.24) is 15.2 Å². The zero-order valence-corrected chi connectivity index (χ0v) is 15.5. The molecular weight excluding hydrogens is 355 g/mol. The van der Waals surface area contributed by atoms with Gasteiger partial charge < -0.3 is 15.2 Å². The van der Waals surface area contributed by atoms with Gasteiger partial charge in [0.15, 0.2) is 0 Å². The largest absolute Gasteiger partial charge is 0.417 e. The zero-order valence-electron chi connectivity index (χ0n) is 15.5. The molecule has 0 spiro atoms. The number of aromatic nitrogens is 1. The number of nitrogens with one attached hydrogen (secondary N) is 2. The van der Waals surface area contributed by atoms with Crippen LogP contribution in [-0.2, 0) is 19.1 Å². The molecule has 27 heavy (non-hydrogen) atoms. The van der Waals surface area contributed by atoms with Gasteiger partial charge in [0.2, 0.25) is 0 Å². The summed E-state index contributed by atoms with van der Waals surface area (Å²) >= 11 is 0. The van der Waals surface area contributed by atoms with Gasteiger partial charge in [-0.05, 0) is 50.4 Å². The highest BCUT2D eigenvalue weighted by Crippen LogP contribution is 2.31. The van der Waals surface area contributed by atoms with Crippen molar-refractivity contribution >= 4 is 5.91 Å². The Morgan fingerprint density at radius 1 is 1.30 bits per heavy atom. The number of carbonyl (C=O) groups is 1. The Morgan fingerprint density at radius 3 is 2.74 bits per heavy atom. The average Bonchev–Trinajstić information content (AvgIpc) is 3.26. The Labute approximate surface area is 156 Å². The van der Waals surface area contributed by atoms with Crippen molar-refractivity contribution in [1.29, 1.82) is 0 Å². The second-order valence-corrected chi connectivity index (χ2v) is 7.10. The number of nitrogens with zero attached hydrogens (tertiary/aromatic N) is 1. The van der Waals surface area contributed by atoms with Crippen molar-refractivity contribution in [2.24, 2.45) is 0 Å². The molecule has 3 rings (SSSR count). The smallest absolute Gasteiger partial charge is 0.357 e. The van der Waals surface area contributed by atoms with Crippen molar-refractivity contribution in [2.45, 2.75) is 44.9 Å². The highest BCUT2D eigenvalue weighted by molar-refractivity contribution is 5.93. The fraction of sp³-hybridized carbons (Fsp3) is 0.450. The molecule has 1 aromatic heterocycles. The van der Waals surface area contributed by atoms with Gasteiger partial charge in [-0.15, -0.1) is 0 Å². The summed E-state index contributed by atoms with van der Waals surface area (Å²) < 4.78 is 38.4. The molecule has 0 saturated carbocycles. The summed E-state index contributed by atoms with van der Waals surface area (Å²) in [6, 6.07) is 7.17. The molecule has 1 saturated heterocycles. The van der Waals surface area contributed by atoms with Crippen LogP contribution in [0, 0.1) is 6.92 Å². The predicted molar refractivity (Wildman–Crippen MR) is 97.5 cm³/mol. The Kier molecular flexibility index (Phi) is 5.60. The molecule has 1 atom stereocenters. The number of likely N-dealkylation sites (tertiary alicyclic amines) is 1. The molecule has 1 unspecified atom stereocenters.